The predicted molar refractivity (Wildman–Crippen MR) is 115 cm³/mol. The molecule has 5 rings (SSSR count). The number of fused-ring (bicyclic) bond motifs is 3. The van der Waals surface area contributed by atoms with E-state index in [9.17, 15) is 18.7 Å². The fourth-order valence-electron chi connectivity index (χ4n) is 4.32. The molecule has 1 N–H and O–H groups in total. The minimum absolute atomic E-state index is 0.0126. The van der Waals surface area contributed by atoms with Crippen LogP contribution in [0.2, 0.25) is 5.02 Å². The zero-order valence-electron chi connectivity index (χ0n) is 16.9. The number of ether oxygens (including phenoxy) is 1. The van der Waals surface area contributed by atoms with Gasteiger partial charge in [-0.05, 0) is 53.9 Å². The molecular formula is C23H18ClF2N3O3. The number of benzene rings is 1. The van der Waals surface area contributed by atoms with Gasteiger partial charge < -0.3 is 18.8 Å². The smallest absolute Gasteiger partial charge is 0.387 e. The summed E-state index contributed by atoms with van der Waals surface area (Å²) in [5.41, 5.74) is 3.82. The van der Waals surface area contributed by atoms with E-state index in [-0.39, 0.29) is 17.7 Å². The first-order chi connectivity index (χ1) is 15.3. The molecule has 0 saturated heterocycles. The van der Waals surface area contributed by atoms with Gasteiger partial charge >= 0.3 is 6.61 Å². The molecule has 0 radical (unpaired) electrons. The van der Waals surface area contributed by atoms with E-state index in [2.05, 4.69) is 4.98 Å². The lowest BCUT2D eigenvalue weighted by Crippen LogP contribution is -2.14. The molecule has 3 aromatic heterocycles. The van der Waals surface area contributed by atoms with Gasteiger partial charge in [0, 0.05) is 42.0 Å². The molecule has 2 unspecified atom stereocenters. The number of aliphatic hydroxyl groups excluding tert-OH is 1. The minimum Gasteiger partial charge on any atom is -0.435 e. The van der Waals surface area contributed by atoms with Crippen LogP contribution in [-0.4, -0.2) is 25.7 Å². The number of hydrogen-bond acceptors (Lipinski definition) is 4. The van der Waals surface area contributed by atoms with Gasteiger partial charge in [0.25, 0.3) is 0 Å². The van der Waals surface area contributed by atoms with Gasteiger partial charge in [0.15, 0.2) is 0 Å². The Balaban J connectivity index is 1.68. The number of aliphatic hydroxyl groups is 1. The highest BCUT2D eigenvalue weighted by molar-refractivity contribution is 6.30. The summed E-state index contributed by atoms with van der Waals surface area (Å²) in [5.74, 6) is -0.434. The molecule has 0 fully saturated rings. The van der Waals surface area contributed by atoms with Crippen LogP contribution < -0.4 is 10.3 Å². The number of alkyl halides is 2. The Morgan fingerprint density at radius 1 is 1.16 bits per heavy atom. The van der Waals surface area contributed by atoms with E-state index in [1.54, 1.807) is 25.4 Å². The van der Waals surface area contributed by atoms with Gasteiger partial charge in [-0.1, -0.05) is 11.6 Å². The second-order valence-corrected chi connectivity index (χ2v) is 8.20. The molecule has 0 amide bonds. The standard InChI is InChI=1S/C23H18ClF2N3O3/c1-28-10-12(3-7-20(28)31)13-2-6-19-27-21-17(30)9-16(22(21)29(19)11-13)15-8-14(24)4-5-18(15)32-23(25)26/h2-8,10-11,16-17,23,30H,9H2,1H3. The van der Waals surface area contributed by atoms with Crippen molar-refractivity contribution in [2.24, 2.45) is 7.05 Å². The summed E-state index contributed by atoms with van der Waals surface area (Å²) in [5, 5.41) is 11.1. The fourth-order valence-corrected chi connectivity index (χ4v) is 4.50. The second kappa shape index (κ2) is 7.72. The van der Waals surface area contributed by atoms with Crippen molar-refractivity contribution >= 4 is 17.2 Å². The number of aromatic nitrogens is 3. The van der Waals surface area contributed by atoms with Crippen LogP contribution in [0.3, 0.4) is 0 Å². The summed E-state index contributed by atoms with van der Waals surface area (Å²) in [6, 6.07) is 11.4. The quantitative estimate of drug-likeness (QED) is 0.489. The lowest BCUT2D eigenvalue weighted by molar-refractivity contribution is -0.0505. The van der Waals surface area contributed by atoms with Gasteiger partial charge in [0.2, 0.25) is 5.56 Å². The van der Waals surface area contributed by atoms with Gasteiger partial charge in [-0.3, -0.25) is 4.79 Å². The third-order valence-electron chi connectivity index (χ3n) is 5.77. The Morgan fingerprint density at radius 3 is 2.66 bits per heavy atom. The van der Waals surface area contributed by atoms with E-state index in [1.165, 1.54) is 22.8 Å². The van der Waals surface area contributed by atoms with Crippen molar-refractivity contribution in [2.45, 2.75) is 25.1 Å². The van der Waals surface area contributed by atoms with Gasteiger partial charge in [0.1, 0.15) is 11.4 Å². The van der Waals surface area contributed by atoms with Gasteiger partial charge in [-0.25, -0.2) is 4.98 Å². The number of halogens is 3. The van der Waals surface area contributed by atoms with Crippen molar-refractivity contribution < 1.29 is 18.6 Å². The molecule has 9 heteroatoms. The topological polar surface area (TPSA) is 68.8 Å². The zero-order valence-corrected chi connectivity index (χ0v) is 17.6. The van der Waals surface area contributed by atoms with E-state index < -0.39 is 18.6 Å². The van der Waals surface area contributed by atoms with Crippen molar-refractivity contribution in [3.05, 3.63) is 87.2 Å². The Kier molecular flexibility index (Phi) is 4.98. The Bertz CT molecular complexity index is 1400. The average Bonchev–Trinajstić information content (AvgIpc) is 3.28. The Morgan fingerprint density at radius 2 is 1.91 bits per heavy atom. The molecule has 6 nitrogen and oxygen atoms in total. The zero-order chi connectivity index (χ0) is 22.6. The molecule has 0 saturated carbocycles. The third-order valence-corrected chi connectivity index (χ3v) is 6.01. The minimum atomic E-state index is -2.99. The summed E-state index contributed by atoms with van der Waals surface area (Å²) < 4.78 is 34.1. The molecule has 2 atom stereocenters. The average molecular weight is 458 g/mol. The molecule has 4 aromatic rings. The molecule has 1 aromatic carbocycles. The van der Waals surface area contributed by atoms with Gasteiger partial charge in [0.05, 0.1) is 17.5 Å². The van der Waals surface area contributed by atoms with Crippen LogP contribution in [0.25, 0.3) is 16.8 Å². The molecule has 0 bridgehead atoms. The highest BCUT2D eigenvalue weighted by Gasteiger charge is 2.37. The first kappa shape index (κ1) is 20.7. The number of pyridine rings is 2. The number of imidazole rings is 1. The number of hydrogen-bond donors (Lipinski definition) is 1. The maximum atomic E-state index is 13.0. The maximum Gasteiger partial charge on any atom is 0.387 e. The molecular weight excluding hydrogens is 440 g/mol. The van der Waals surface area contributed by atoms with Gasteiger partial charge in [-0.15, -0.1) is 0 Å². The van der Waals surface area contributed by atoms with Crippen LogP contribution in [0, 0.1) is 0 Å². The van der Waals surface area contributed by atoms with Crippen molar-refractivity contribution in [2.75, 3.05) is 0 Å². The molecule has 3 heterocycles. The molecule has 1 aliphatic carbocycles. The van der Waals surface area contributed by atoms with Crippen molar-refractivity contribution in [1.29, 1.82) is 0 Å². The van der Waals surface area contributed by atoms with Crippen LogP contribution in [0.15, 0.2) is 59.7 Å². The van der Waals surface area contributed by atoms with E-state index >= 15 is 0 Å². The van der Waals surface area contributed by atoms with E-state index in [1.807, 2.05) is 22.7 Å². The molecule has 164 valence electrons. The fraction of sp³-hybridized carbons (Fsp3) is 0.217. The van der Waals surface area contributed by atoms with Crippen LogP contribution in [0.1, 0.15) is 35.4 Å². The highest BCUT2D eigenvalue weighted by Crippen LogP contribution is 2.47. The lowest BCUT2D eigenvalue weighted by atomic mass is 9.95. The van der Waals surface area contributed by atoms with Crippen LogP contribution in [0.4, 0.5) is 8.78 Å². The summed E-state index contributed by atoms with van der Waals surface area (Å²) in [6.45, 7) is -2.99. The summed E-state index contributed by atoms with van der Waals surface area (Å²) in [4.78, 5) is 16.3. The van der Waals surface area contributed by atoms with E-state index in [0.29, 0.717) is 27.6 Å². The van der Waals surface area contributed by atoms with Crippen molar-refractivity contribution in [3.8, 4) is 16.9 Å². The largest absolute Gasteiger partial charge is 0.435 e. The monoisotopic (exact) mass is 457 g/mol. The van der Waals surface area contributed by atoms with E-state index in [0.717, 1.165) is 11.1 Å². The summed E-state index contributed by atoms with van der Waals surface area (Å²) in [7, 11) is 1.68. The van der Waals surface area contributed by atoms with Gasteiger partial charge in [-0.2, -0.15) is 8.78 Å². The SMILES string of the molecule is Cn1cc(-c2ccc3nc4c(n3c2)C(c2cc(Cl)ccc2OC(F)F)CC4O)ccc1=O. The maximum absolute atomic E-state index is 13.0. The first-order valence-electron chi connectivity index (χ1n) is 9.93. The van der Waals surface area contributed by atoms with Crippen molar-refractivity contribution in [3.63, 3.8) is 0 Å². The van der Waals surface area contributed by atoms with Crippen LogP contribution in [0.5, 0.6) is 5.75 Å². The van der Waals surface area contributed by atoms with Crippen LogP contribution >= 0.6 is 11.6 Å². The third kappa shape index (κ3) is 3.45. The second-order valence-electron chi connectivity index (χ2n) is 7.76. The van der Waals surface area contributed by atoms with E-state index in [4.69, 9.17) is 16.3 Å². The predicted octanol–water partition coefficient (Wildman–Crippen LogP) is 4.52. The number of nitrogens with zero attached hydrogens (tertiary/aromatic N) is 3. The molecule has 1 aliphatic rings. The van der Waals surface area contributed by atoms with Crippen molar-refractivity contribution in [1.82, 2.24) is 14.0 Å². The molecule has 0 aliphatic heterocycles. The first-order valence-corrected chi connectivity index (χ1v) is 10.3. The normalized spacial score (nSPS) is 17.8. The Hall–Kier alpha value is -3.23. The number of rotatable bonds is 4. The molecule has 32 heavy (non-hydrogen) atoms. The summed E-state index contributed by atoms with van der Waals surface area (Å²) in [6.07, 6.45) is 3.02. The Labute approximate surface area is 186 Å². The molecule has 0 spiro atoms. The summed E-state index contributed by atoms with van der Waals surface area (Å²) >= 11 is 6.16. The highest BCUT2D eigenvalue weighted by atomic mass is 35.5. The van der Waals surface area contributed by atoms with Crippen LogP contribution in [-0.2, 0) is 7.05 Å². The number of aryl methyl sites for hydroxylation is 1. The lowest BCUT2D eigenvalue weighted by Gasteiger charge is -2.18.